The molecule has 80 valence electrons. The van der Waals surface area contributed by atoms with Gasteiger partial charge in [-0.05, 0) is 0 Å². The van der Waals surface area contributed by atoms with Crippen LogP contribution in [0.25, 0.3) is 0 Å². The second kappa shape index (κ2) is 4.99. The molecule has 0 radical (unpaired) electrons. The molecule has 0 aliphatic rings. The highest BCUT2D eigenvalue weighted by Gasteiger charge is 2.08. The topological polar surface area (TPSA) is 57.7 Å². The van der Waals surface area contributed by atoms with Crippen LogP contribution in [0.3, 0.4) is 0 Å². The molecule has 5 heteroatoms. The number of ether oxygens (including phenoxy) is 3. The van der Waals surface area contributed by atoms with Crippen molar-refractivity contribution in [3.8, 4) is 17.4 Å². The molecule has 0 amide bonds. The predicted molar refractivity (Wildman–Crippen MR) is 53.2 cm³/mol. The van der Waals surface area contributed by atoms with E-state index in [0.717, 1.165) is 6.08 Å². The quantitative estimate of drug-likeness (QED) is 0.550. The number of rotatable bonds is 4. The van der Waals surface area contributed by atoms with Crippen molar-refractivity contribution in [1.82, 2.24) is 4.98 Å². The Bertz CT molecular complexity index is 376. The normalized spacial score (nSPS) is 9.20. The van der Waals surface area contributed by atoms with Gasteiger partial charge in [0.15, 0.2) is 11.5 Å². The van der Waals surface area contributed by atoms with Gasteiger partial charge in [-0.3, -0.25) is 0 Å². The lowest BCUT2D eigenvalue weighted by Crippen LogP contribution is -2.05. The van der Waals surface area contributed by atoms with E-state index in [0.29, 0.717) is 11.5 Å². The maximum absolute atomic E-state index is 10.9. The van der Waals surface area contributed by atoms with Crippen molar-refractivity contribution in [2.75, 3.05) is 14.2 Å². The Morgan fingerprint density at radius 2 is 2.07 bits per heavy atom. The first-order valence-corrected chi connectivity index (χ1v) is 4.13. The molecule has 0 aliphatic heterocycles. The number of hydrogen-bond donors (Lipinski definition) is 0. The zero-order valence-corrected chi connectivity index (χ0v) is 8.52. The third-order valence-corrected chi connectivity index (χ3v) is 1.62. The van der Waals surface area contributed by atoms with Gasteiger partial charge in [-0.1, -0.05) is 6.58 Å². The lowest BCUT2D eigenvalue weighted by atomic mass is 10.4. The molecule has 1 aromatic rings. The van der Waals surface area contributed by atoms with Gasteiger partial charge in [0.05, 0.1) is 20.4 Å². The Morgan fingerprint density at radius 3 is 2.60 bits per heavy atom. The van der Waals surface area contributed by atoms with E-state index >= 15 is 0 Å². The molecule has 0 fully saturated rings. The monoisotopic (exact) mass is 209 g/mol. The summed E-state index contributed by atoms with van der Waals surface area (Å²) in [6, 6.07) is 1.46. The van der Waals surface area contributed by atoms with Crippen LogP contribution < -0.4 is 14.2 Å². The van der Waals surface area contributed by atoms with E-state index in [1.807, 2.05) is 0 Å². The maximum Gasteiger partial charge on any atom is 0.336 e. The molecule has 1 rings (SSSR count). The van der Waals surface area contributed by atoms with Crippen molar-refractivity contribution < 1.29 is 19.0 Å². The van der Waals surface area contributed by atoms with Crippen molar-refractivity contribution in [1.29, 1.82) is 0 Å². The maximum atomic E-state index is 10.9. The molecule has 0 N–H and O–H groups in total. The van der Waals surface area contributed by atoms with Gasteiger partial charge in [0.2, 0.25) is 5.88 Å². The van der Waals surface area contributed by atoms with Crippen LogP contribution in [0.1, 0.15) is 0 Å². The van der Waals surface area contributed by atoms with E-state index in [2.05, 4.69) is 11.6 Å². The van der Waals surface area contributed by atoms with Crippen molar-refractivity contribution >= 4 is 5.97 Å². The van der Waals surface area contributed by atoms with Gasteiger partial charge in [-0.25, -0.2) is 9.78 Å². The van der Waals surface area contributed by atoms with Crippen LogP contribution in [0.5, 0.6) is 17.4 Å². The largest absolute Gasteiger partial charge is 0.493 e. The summed E-state index contributed by atoms with van der Waals surface area (Å²) in [7, 11) is 2.98. The SMILES string of the molecule is C=CC(=O)Oc1cc(OC)c(OC)cn1. The fourth-order valence-corrected chi connectivity index (χ4v) is 0.920. The van der Waals surface area contributed by atoms with E-state index in [4.69, 9.17) is 14.2 Å². The number of esters is 1. The summed E-state index contributed by atoms with van der Waals surface area (Å²) in [4.78, 5) is 14.7. The van der Waals surface area contributed by atoms with Crippen LogP contribution in [0, 0.1) is 0 Å². The van der Waals surface area contributed by atoms with Gasteiger partial charge in [0.1, 0.15) is 0 Å². The molecule has 5 nitrogen and oxygen atoms in total. The minimum Gasteiger partial charge on any atom is -0.493 e. The van der Waals surface area contributed by atoms with Gasteiger partial charge >= 0.3 is 5.97 Å². The van der Waals surface area contributed by atoms with E-state index in [1.54, 1.807) is 0 Å². The lowest BCUT2D eigenvalue weighted by Gasteiger charge is -2.07. The minimum atomic E-state index is -0.574. The Morgan fingerprint density at radius 1 is 1.40 bits per heavy atom. The molecule has 0 aliphatic carbocycles. The predicted octanol–water partition coefficient (Wildman–Crippen LogP) is 1.19. The fraction of sp³-hybridized carbons (Fsp3) is 0.200. The second-order valence-electron chi connectivity index (χ2n) is 2.50. The van der Waals surface area contributed by atoms with Crippen molar-refractivity contribution in [2.45, 2.75) is 0 Å². The molecule has 0 bridgehead atoms. The highest BCUT2D eigenvalue weighted by molar-refractivity contribution is 5.83. The van der Waals surface area contributed by atoms with Gasteiger partial charge in [0, 0.05) is 12.1 Å². The summed E-state index contributed by atoms with van der Waals surface area (Å²) in [6.45, 7) is 3.27. The molecule has 1 aromatic heterocycles. The van der Waals surface area contributed by atoms with Gasteiger partial charge < -0.3 is 14.2 Å². The molecule has 15 heavy (non-hydrogen) atoms. The zero-order valence-electron chi connectivity index (χ0n) is 8.52. The molecule has 1 heterocycles. The molecular formula is C10H11NO4. The number of methoxy groups -OCH3 is 2. The summed E-state index contributed by atoms with van der Waals surface area (Å²) >= 11 is 0. The summed E-state index contributed by atoms with van der Waals surface area (Å²) in [5, 5.41) is 0. The number of nitrogens with zero attached hydrogens (tertiary/aromatic N) is 1. The Labute approximate surface area is 87.3 Å². The fourth-order valence-electron chi connectivity index (χ4n) is 0.920. The molecule has 0 saturated heterocycles. The van der Waals surface area contributed by atoms with Crippen LogP contribution in [-0.2, 0) is 4.79 Å². The third-order valence-electron chi connectivity index (χ3n) is 1.62. The van der Waals surface area contributed by atoms with Gasteiger partial charge in [0.25, 0.3) is 0 Å². The van der Waals surface area contributed by atoms with E-state index in [-0.39, 0.29) is 5.88 Å². The molecular weight excluding hydrogens is 198 g/mol. The number of carbonyl (C=O) groups excluding carboxylic acids is 1. The van der Waals surface area contributed by atoms with E-state index < -0.39 is 5.97 Å². The Balaban J connectivity index is 2.92. The number of aromatic nitrogens is 1. The Hall–Kier alpha value is -2.04. The lowest BCUT2D eigenvalue weighted by molar-refractivity contribution is -0.129. The van der Waals surface area contributed by atoms with Crippen molar-refractivity contribution in [3.05, 3.63) is 24.9 Å². The second-order valence-corrected chi connectivity index (χ2v) is 2.50. The van der Waals surface area contributed by atoms with Gasteiger partial charge in [-0.15, -0.1) is 0 Å². The minimum absolute atomic E-state index is 0.137. The highest BCUT2D eigenvalue weighted by atomic mass is 16.5. The zero-order chi connectivity index (χ0) is 11.3. The van der Waals surface area contributed by atoms with Crippen molar-refractivity contribution in [2.24, 2.45) is 0 Å². The van der Waals surface area contributed by atoms with Crippen LogP contribution in [-0.4, -0.2) is 25.2 Å². The number of carbonyl (C=O) groups is 1. The summed E-state index contributed by atoms with van der Waals surface area (Å²) in [6.07, 6.45) is 2.46. The first kappa shape index (κ1) is 11.0. The first-order chi connectivity index (χ1) is 7.21. The van der Waals surface area contributed by atoms with Crippen LogP contribution in [0.4, 0.5) is 0 Å². The van der Waals surface area contributed by atoms with Gasteiger partial charge in [-0.2, -0.15) is 0 Å². The van der Waals surface area contributed by atoms with Crippen LogP contribution >= 0.6 is 0 Å². The van der Waals surface area contributed by atoms with E-state index in [1.165, 1.54) is 26.5 Å². The van der Waals surface area contributed by atoms with Crippen LogP contribution in [0.2, 0.25) is 0 Å². The molecule has 0 unspecified atom stereocenters. The first-order valence-electron chi connectivity index (χ1n) is 4.13. The average Bonchev–Trinajstić information content (AvgIpc) is 2.28. The van der Waals surface area contributed by atoms with E-state index in [9.17, 15) is 4.79 Å². The summed E-state index contributed by atoms with van der Waals surface area (Å²) in [5.74, 6) is 0.475. The van der Waals surface area contributed by atoms with Crippen LogP contribution in [0.15, 0.2) is 24.9 Å². The molecule has 0 aromatic carbocycles. The summed E-state index contributed by atoms with van der Waals surface area (Å²) in [5.41, 5.74) is 0. The summed E-state index contributed by atoms with van der Waals surface area (Å²) < 4.78 is 14.8. The molecule has 0 saturated carbocycles. The average molecular weight is 209 g/mol. The van der Waals surface area contributed by atoms with Crippen molar-refractivity contribution in [3.63, 3.8) is 0 Å². The molecule has 0 atom stereocenters. The highest BCUT2D eigenvalue weighted by Crippen LogP contribution is 2.28. The molecule has 0 spiro atoms. The number of hydrogen-bond acceptors (Lipinski definition) is 5. The Kier molecular flexibility index (Phi) is 3.68. The number of pyridine rings is 1. The standard InChI is InChI=1S/C10H11NO4/c1-4-10(12)15-9-5-7(13-2)8(14-3)6-11-9/h4-6H,1H2,2-3H3. The third kappa shape index (κ3) is 2.70. The smallest absolute Gasteiger partial charge is 0.336 e.